The fraction of sp³-hybridized carbons (Fsp3) is 0.167. The highest BCUT2D eigenvalue weighted by Gasteiger charge is 2.22. The van der Waals surface area contributed by atoms with Gasteiger partial charge in [-0.3, -0.25) is 0 Å². The van der Waals surface area contributed by atoms with Crippen molar-refractivity contribution in [3.63, 3.8) is 0 Å². The van der Waals surface area contributed by atoms with Gasteiger partial charge in [-0.25, -0.2) is 9.37 Å². The van der Waals surface area contributed by atoms with Crippen LogP contribution >= 0.6 is 0 Å². The molecule has 1 aromatic heterocycles. The van der Waals surface area contributed by atoms with E-state index >= 15 is 0 Å². The molecule has 2 aromatic rings. The first-order valence-electron chi connectivity index (χ1n) is 7.60. The molecule has 2 heterocycles. The molecule has 1 aliphatic rings. The quantitative estimate of drug-likeness (QED) is 0.791. The number of dihydropyridines is 1. The van der Waals surface area contributed by atoms with Crippen molar-refractivity contribution in [1.82, 2.24) is 10.3 Å². The van der Waals surface area contributed by atoms with Crippen LogP contribution in [0.5, 0.6) is 11.5 Å². The molecule has 0 radical (unpaired) electrons. The Morgan fingerprint density at radius 3 is 2.52 bits per heavy atom. The maximum Gasteiger partial charge on any atom is 0.161 e. The van der Waals surface area contributed by atoms with Gasteiger partial charge in [-0.1, -0.05) is 6.07 Å². The first-order chi connectivity index (χ1) is 12.0. The maximum absolute atomic E-state index is 14.3. The molecule has 0 fully saturated rings. The maximum atomic E-state index is 14.3. The third kappa shape index (κ3) is 3.21. The van der Waals surface area contributed by atoms with E-state index in [4.69, 9.17) is 20.9 Å². The van der Waals surface area contributed by atoms with E-state index in [-0.39, 0.29) is 5.82 Å². The summed E-state index contributed by atoms with van der Waals surface area (Å²) in [6, 6.07) is 6.57. The average molecular weight is 342 g/mol. The molecule has 0 saturated carbocycles. The number of nitrogen functional groups attached to an aromatic ring is 1. The lowest BCUT2D eigenvalue weighted by Crippen LogP contribution is -2.23. The number of hydrogen-bond acceptors (Lipinski definition) is 6. The Morgan fingerprint density at radius 2 is 1.84 bits per heavy atom. The number of ether oxygens (including phenoxy) is 2. The molecule has 1 aliphatic heterocycles. The number of anilines is 1. The predicted octanol–water partition coefficient (Wildman–Crippen LogP) is 2.65. The smallest absolute Gasteiger partial charge is 0.161 e. The molecule has 0 aliphatic carbocycles. The average Bonchev–Trinajstić information content (AvgIpc) is 2.62. The Morgan fingerprint density at radius 1 is 1.08 bits per heavy atom. The van der Waals surface area contributed by atoms with Crippen LogP contribution in [-0.2, 0) is 0 Å². The Kier molecular flexibility index (Phi) is 4.47. The van der Waals surface area contributed by atoms with Gasteiger partial charge in [-0.2, -0.15) is 0 Å². The summed E-state index contributed by atoms with van der Waals surface area (Å²) in [5.74, 6) is 1.05. The standard InChI is InChI=1S/C18H19FN4O2/c1-24-15-4-3-10(6-16(15)25-2)11-5-13(18(21)23-8-11)17-14(19)7-12(20)9-22-17/h3-9,17,22H,20H2,1-2H3,(H2,21,23). The monoisotopic (exact) mass is 342 g/mol. The largest absolute Gasteiger partial charge is 0.493 e. The van der Waals surface area contributed by atoms with Crippen LogP contribution in [0.15, 0.2) is 54.3 Å². The van der Waals surface area contributed by atoms with E-state index in [9.17, 15) is 4.39 Å². The normalized spacial score (nSPS) is 16.5. The highest BCUT2D eigenvalue weighted by atomic mass is 19.1. The zero-order valence-corrected chi connectivity index (χ0v) is 13.9. The van der Waals surface area contributed by atoms with Crippen LogP contribution in [0, 0.1) is 0 Å². The minimum absolute atomic E-state index is 0.249. The van der Waals surface area contributed by atoms with Crippen LogP contribution in [0.2, 0.25) is 0 Å². The topological polar surface area (TPSA) is 95.4 Å². The molecule has 25 heavy (non-hydrogen) atoms. The minimum atomic E-state index is -0.722. The highest BCUT2D eigenvalue weighted by molar-refractivity contribution is 5.69. The Balaban J connectivity index is 2.02. The van der Waals surface area contributed by atoms with Crippen LogP contribution in [-0.4, -0.2) is 19.2 Å². The van der Waals surface area contributed by atoms with Gasteiger partial charge in [0.2, 0.25) is 0 Å². The number of rotatable bonds is 4. The van der Waals surface area contributed by atoms with E-state index in [1.54, 1.807) is 32.5 Å². The lowest BCUT2D eigenvalue weighted by atomic mass is 9.99. The summed E-state index contributed by atoms with van der Waals surface area (Å²) < 4.78 is 24.8. The SMILES string of the molecule is COc1ccc(-c2cnc(N)c(C3NC=C(N)C=C3F)c2)cc1OC. The van der Waals surface area contributed by atoms with Gasteiger partial charge in [-0.05, 0) is 29.8 Å². The third-order valence-electron chi connectivity index (χ3n) is 3.97. The lowest BCUT2D eigenvalue weighted by molar-refractivity contribution is 0.355. The molecular weight excluding hydrogens is 323 g/mol. The molecule has 7 heteroatoms. The molecule has 0 bridgehead atoms. The number of halogens is 1. The van der Waals surface area contributed by atoms with Crippen molar-refractivity contribution in [2.75, 3.05) is 20.0 Å². The first kappa shape index (κ1) is 16.6. The number of methoxy groups -OCH3 is 2. The minimum Gasteiger partial charge on any atom is -0.493 e. The van der Waals surface area contributed by atoms with Crippen molar-refractivity contribution in [1.29, 1.82) is 0 Å². The van der Waals surface area contributed by atoms with Gasteiger partial charge in [0, 0.05) is 23.5 Å². The van der Waals surface area contributed by atoms with Crippen molar-refractivity contribution in [2.24, 2.45) is 5.73 Å². The van der Waals surface area contributed by atoms with Gasteiger partial charge in [0.15, 0.2) is 11.5 Å². The molecule has 3 rings (SSSR count). The van der Waals surface area contributed by atoms with Crippen molar-refractivity contribution in [3.8, 4) is 22.6 Å². The Bertz CT molecular complexity index is 864. The summed E-state index contributed by atoms with van der Waals surface area (Å²) >= 11 is 0. The van der Waals surface area contributed by atoms with Crippen molar-refractivity contribution in [2.45, 2.75) is 6.04 Å². The predicted molar refractivity (Wildman–Crippen MR) is 94.5 cm³/mol. The van der Waals surface area contributed by atoms with E-state index < -0.39 is 11.9 Å². The number of benzene rings is 1. The molecule has 1 unspecified atom stereocenters. The zero-order chi connectivity index (χ0) is 18.0. The summed E-state index contributed by atoms with van der Waals surface area (Å²) in [5.41, 5.74) is 14.0. The summed E-state index contributed by atoms with van der Waals surface area (Å²) in [6.45, 7) is 0. The summed E-state index contributed by atoms with van der Waals surface area (Å²) in [6.07, 6.45) is 4.44. The number of hydrogen-bond donors (Lipinski definition) is 3. The van der Waals surface area contributed by atoms with Crippen molar-refractivity contribution in [3.05, 3.63) is 59.8 Å². The molecular formula is C18H19FN4O2. The van der Waals surface area contributed by atoms with E-state index in [0.29, 0.717) is 22.8 Å². The number of aromatic nitrogens is 1. The van der Waals surface area contributed by atoms with Crippen molar-refractivity contribution >= 4 is 5.82 Å². The van der Waals surface area contributed by atoms with Crippen LogP contribution in [0.25, 0.3) is 11.1 Å². The third-order valence-corrected chi connectivity index (χ3v) is 3.97. The number of nitrogens with two attached hydrogens (primary N) is 2. The van der Waals surface area contributed by atoms with E-state index in [1.165, 1.54) is 12.3 Å². The summed E-state index contributed by atoms with van der Waals surface area (Å²) in [5, 5.41) is 2.90. The molecule has 1 aromatic carbocycles. The number of nitrogens with one attached hydrogen (secondary N) is 1. The van der Waals surface area contributed by atoms with Gasteiger partial charge in [0.05, 0.1) is 19.9 Å². The number of pyridine rings is 1. The lowest BCUT2D eigenvalue weighted by Gasteiger charge is -2.21. The molecule has 1 atom stereocenters. The second-order valence-electron chi connectivity index (χ2n) is 5.54. The Hall–Kier alpha value is -3.22. The van der Waals surface area contributed by atoms with Crippen molar-refractivity contribution < 1.29 is 13.9 Å². The number of allylic oxidation sites excluding steroid dienone is 1. The fourth-order valence-electron chi connectivity index (χ4n) is 2.68. The summed E-state index contributed by atoms with van der Waals surface area (Å²) in [4.78, 5) is 4.20. The molecule has 5 N–H and O–H groups in total. The summed E-state index contributed by atoms with van der Waals surface area (Å²) in [7, 11) is 3.14. The Labute approximate surface area is 144 Å². The second-order valence-corrected chi connectivity index (χ2v) is 5.54. The van der Waals surface area contributed by atoms with Crippen LogP contribution in [0.4, 0.5) is 10.2 Å². The zero-order valence-electron chi connectivity index (χ0n) is 13.9. The molecule has 6 nitrogen and oxygen atoms in total. The number of nitrogens with zero attached hydrogens (tertiary/aromatic N) is 1. The van der Waals surface area contributed by atoms with Gasteiger partial charge in [0.1, 0.15) is 17.7 Å². The second kappa shape index (κ2) is 6.72. The van der Waals surface area contributed by atoms with Gasteiger partial charge >= 0.3 is 0 Å². The van der Waals surface area contributed by atoms with Crippen LogP contribution < -0.4 is 26.3 Å². The van der Waals surface area contributed by atoms with E-state index in [1.807, 2.05) is 12.1 Å². The highest BCUT2D eigenvalue weighted by Crippen LogP contribution is 2.35. The van der Waals surface area contributed by atoms with Crippen LogP contribution in [0.3, 0.4) is 0 Å². The first-order valence-corrected chi connectivity index (χ1v) is 7.60. The molecule has 0 saturated heterocycles. The fourth-order valence-corrected chi connectivity index (χ4v) is 2.68. The molecule has 0 amide bonds. The molecule has 130 valence electrons. The van der Waals surface area contributed by atoms with Gasteiger partial charge < -0.3 is 26.3 Å². The van der Waals surface area contributed by atoms with E-state index in [2.05, 4.69) is 10.3 Å². The van der Waals surface area contributed by atoms with Gasteiger partial charge in [0.25, 0.3) is 0 Å². The van der Waals surface area contributed by atoms with Gasteiger partial charge in [-0.15, -0.1) is 0 Å². The van der Waals surface area contributed by atoms with Crippen LogP contribution in [0.1, 0.15) is 11.6 Å². The molecule has 0 spiro atoms. The van der Waals surface area contributed by atoms with E-state index in [0.717, 1.165) is 11.1 Å².